The fourth-order valence-electron chi connectivity index (χ4n) is 1.21. The zero-order valence-electron chi connectivity index (χ0n) is 8.45. The van der Waals surface area contributed by atoms with Crippen molar-refractivity contribution in [1.29, 1.82) is 0 Å². The molecule has 0 aliphatic carbocycles. The Balaban J connectivity index is 3.17. The highest BCUT2D eigenvalue weighted by Gasteiger charge is 2.32. The number of thioether (sulfide) groups is 1. The molecule has 0 bridgehead atoms. The van der Waals surface area contributed by atoms with Crippen LogP contribution in [-0.4, -0.2) is 22.9 Å². The van der Waals surface area contributed by atoms with Crippen LogP contribution in [0.3, 0.4) is 0 Å². The van der Waals surface area contributed by atoms with Gasteiger partial charge < -0.3 is 10.0 Å². The molecule has 1 rings (SSSR count). The molecule has 2 nitrogen and oxygen atoms in total. The van der Waals surface area contributed by atoms with Crippen LogP contribution in [0, 0.1) is 0 Å². The Kier molecular flexibility index (Phi) is 4.29. The van der Waals surface area contributed by atoms with Gasteiger partial charge in [-0.2, -0.15) is 13.2 Å². The smallest absolute Gasteiger partial charge is 0.423 e. The van der Waals surface area contributed by atoms with Crippen LogP contribution in [0.1, 0.15) is 12.5 Å². The fourth-order valence-corrected chi connectivity index (χ4v) is 2.02. The van der Waals surface area contributed by atoms with E-state index in [4.69, 9.17) is 10.0 Å². The number of halogens is 3. The van der Waals surface area contributed by atoms with E-state index < -0.39 is 18.9 Å². The second-order valence-electron chi connectivity index (χ2n) is 3.06. The SMILES string of the molecule is CCSc1ccc(C(F)(F)F)cc1B(O)O. The Morgan fingerprint density at radius 3 is 2.38 bits per heavy atom. The molecular formula is C9H10BF3O2S. The predicted octanol–water partition coefficient (Wildman–Crippen LogP) is 1.50. The number of alkyl halides is 3. The maximum absolute atomic E-state index is 12.4. The third-order valence-corrected chi connectivity index (χ3v) is 2.89. The van der Waals surface area contributed by atoms with Crippen LogP contribution in [0.25, 0.3) is 0 Å². The molecule has 0 radical (unpaired) electrons. The lowest BCUT2D eigenvalue weighted by atomic mass is 9.79. The maximum atomic E-state index is 12.4. The quantitative estimate of drug-likeness (QED) is 0.630. The van der Waals surface area contributed by atoms with Gasteiger partial charge in [0.15, 0.2) is 0 Å². The highest BCUT2D eigenvalue weighted by Crippen LogP contribution is 2.30. The molecule has 1 aromatic rings. The standard InChI is InChI=1S/C9H10BF3O2S/c1-2-16-8-4-3-6(9(11,12)13)5-7(8)10(14)15/h3-5,14-15H,2H2,1H3. The molecule has 16 heavy (non-hydrogen) atoms. The van der Waals surface area contributed by atoms with Crippen LogP contribution >= 0.6 is 11.8 Å². The summed E-state index contributed by atoms with van der Waals surface area (Å²) in [6, 6.07) is 2.96. The summed E-state index contributed by atoms with van der Waals surface area (Å²) in [5.74, 6) is 0.644. The van der Waals surface area contributed by atoms with E-state index in [1.165, 1.54) is 17.8 Å². The van der Waals surface area contributed by atoms with E-state index in [9.17, 15) is 13.2 Å². The van der Waals surface area contributed by atoms with Gasteiger partial charge in [-0.3, -0.25) is 0 Å². The van der Waals surface area contributed by atoms with E-state index in [1.807, 2.05) is 6.92 Å². The van der Waals surface area contributed by atoms with Crippen molar-refractivity contribution < 1.29 is 23.2 Å². The molecule has 0 fully saturated rings. The molecule has 7 heteroatoms. The molecule has 88 valence electrons. The summed E-state index contributed by atoms with van der Waals surface area (Å²) in [7, 11) is -1.89. The minimum atomic E-state index is -4.47. The molecular weight excluding hydrogens is 240 g/mol. The number of hydrogen-bond donors (Lipinski definition) is 2. The largest absolute Gasteiger partial charge is 0.489 e. The molecule has 0 saturated heterocycles. The van der Waals surface area contributed by atoms with Crippen molar-refractivity contribution in [3.05, 3.63) is 23.8 Å². The van der Waals surface area contributed by atoms with Crippen molar-refractivity contribution in [1.82, 2.24) is 0 Å². The van der Waals surface area contributed by atoms with Gasteiger partial charge in [-0.25, -0.2) is 0 Å². The van der Waals surface area contributed by atoms with Gasteiger partial charge in [0.2, 0.25) is 0 Å². The minimum Gasteiger partial charge on any atom is -0.423 e. The summed E-state index contributed by atoms with van der Waals surface area (Å²) in [5.41, 5.74) is -0.988. The van der Waals surface area contributed by atoms with E-state index in [0.29, 0.717) is 10.6 Å². The predicted molar refractivity (Wildman–Crippen MR) is 57.7 cm³/mol. The Hall–Kier alpha value is -0.655. The Morgan fingerprint density at radius 1 is 1.31 bits per heavy atom. The van der Waals surface area contributed by atoms with Crippen LogP contribution in [0.4, 0.5) is 13.2 Å². The summed E-state index contributed by atoms with van der Waals surface area (Å²) in [6.45, 7) is 1.83. The zero-order valence-corrected chi connectivity index (χ0v) is 9.27. The first-order chi connectivity index (χ1) is 7.36. The molecule has 0 amide bonds. The topological polar surface area (TPSA) is 40.5 Å². The third kappa shape index (κ3) is 3.17. The average molecular weight is 250 g/mol. The lowest BCUT2D eigenvalue weighted by Crippen LogP contribution is -2.32. The van der Waals surface area contributed by atoms with Crippen molar-refractivity contribution in [3.8, 4) is 0 Å². The fraction of sp³-hybridized carbons (Fsp3) is 0.333. The van der Waals surface area contributed by atoms with Crippen molar-refractivity contribution in [2.24, 2.45) is 0 Å². The molecule has 0 saturated carbocycles. The number of hydrogen-bond acceptors (Lipinski definition) is 3. The summed E-state index contributed by atoms with van der Waals surface area (Å²) < 4.78 is 37.1. The Bertz CT molecular complexity index is 368. The van der Waals surface area contributed by atoms with Gasteiger partial charge in [-0.1, -0.05) is 6.92 Å². The second kappa shape index (κ2) is 5.12. The summed E-state index contributed by atoms with van der Waals surface area (Å²) in [6.07, 6.45) is -4.47. The summed E-state index contributed by atoms with van der Waals surface area (Å²) >= 11 is 1.26. The van der Waals surface area contributed by atoms with E-state index in [0.717, 1.165) is 12.1 Å². The molecule has 0 aromatic heterocycles. The van der Waals surface area contributed by atoms with E-state index in [-0.39, 0.29) is 5.46 Å². The molecule has 0 aliphatic rings. The van der Waals surface area contributed by atoms with E-state index in [2.05, 4.69) is 0 Å². The average Bonchev–Trinajstić information content (AvgIpc) is 2.16. The third-order valence-electron chi connectivity index (χ3n) is 1.92. The minimum absolute atomic E-state index is 0.110. The van der Waals surface area contributed by atoms with E-state index >= 15 is 0 Å². The lowest BCUT2D eigenvalue weighted by molar-refractivity contribution is -0.137. The molecule has 1 aromatic carbocycles. The van der Waals surface area contributed by atoms with Crippen molar-refractivity contribution in [2.45, 2.75) is 18.0 Å². The lowest BCUT2D eigenvalue weighted by Gasteiger charge is -2.12. The molecule has 0 spiro atoms. The first-order valence-corrected chi connectivity index (χ1v) is 5.55. The summed E-state index contributed by atoms with van der Waals surface area (Å²) in [5, 5.41) is 18.0. The highest BCUT2D eigenvalue weighted by atomic mass is 32.2. The first-order valence-electron chi connectivity index (χ1n) is 4.56. The molecule has 0 heterocycles. The molecule has 0 aliphatic heterocycles. The Labute approximate surface area is 95.6 Å². The monoisotopic (exact) mass is 250 g/mol. The highest BCUT2D eigenvalue weighted by molar-refractivity contribution is 7.99. The van der Waals surface area contributed by atoms with Gasteiger partial charge in [0.1, 0.15) is 0 Å². The first kappa shape index (κ1) is 13.4. The van der Waals surface area contributed by atoms with Crippen LogP contribution in [0.2, 0.25) is 0 Å². The van der Waals surface area contributed by atoms with Crippen molar-refractivity contribution in [3.63, 3.8) is 0 Å². The van der Waals surface area contributed by atoms with Crippen LogP contribution in [-0.2, 0) is 6.18 Å². The zero-order chi connectivity index (χ0) is 12.3. The van der Waals surface area contributed by atoms with Gasteiger partial charge in [-0.05, 0) is 29.4 Å². The summed E-state index contributed by atoms with van der Waals surface area (Å²) in [4.78, 5) is 0.450. The van der Waals surface area contributed by atoms with E-state index in [1.54, 1.807) is 0 Å². The normalized spacial score (nSPS) is 11.6. The van der Waals surface area contributed by atoms with Gasteiger partial charge in [0.05, 0.1) is 5.56 Å². The van der Waals surface area contributed by atoms with Gasteiger partial charge >= 0.3 is 13.3 Å². The van der Waals surface area contributed by atoms with Gasteiger partial charge in [0.25, 0.3) is 0 Å². The van der Waals surface area contributed by atoms with Crippen LogP contribution in [0.15, 0.2) is 23.1 Å². The van der Waals surface area contributed by atoms with Crippen molar-refractivity contribution >= 4 is 24.3 Å². The van der Waals surface area contributed by atoms with Gasteiger partial charge in [-0.15, -0.1) is 11.8 Å². The molecule has 0 atom stereocenters. The van der Waals surface area contributed by atoms with Crippen LogP contribution < -0.4 is 5.46 Å². The Morgan fingerprint density at radius 2 is 1.94 bits per heavy atom. The maximum Gasteiger partial charge on any atom is 0.489 e. The second-order valence-corrected chi connectivity index (χ2v) is 4.36. The van der Waals surface area contributed by atoms with Crippen LogP contribution in [0.5, 0.6) is 0 Å². The van der Waals surface area contributed by atoms with Gasteiger partial charge in [0, 0.05) is 4.90 Å². The van der Waals surface area contributed by atoms with Crippen molar-refractivity contribution in [2.75, 3.05) is 5.75 Å². The molecule has 2 N–H and O–H groups in total. The number of rotatable bonds is 3. The number of benzene rings is 1. The molecule has 0 unspecified atom stereocenters.